The van der Waals surface area contributed by atoms with E-state index in [1.165, 1.54) is 0 Å². The van der Waals surface area contributed by atoms with Crippen LogP contribution in [0.15, 0.2) is 47.3 Å². The summed E-state index contributed by atoms with van der Waals surface area (Å²) in [4.78, 5) is 15.1. The van der Waals surface area contributed by atoms with Gasteiger partial charge >= 0.3 is 0 Å². The minimum Gasteiger partial charge on any atom is -0.378 e. The number of rotatable bonds is 5. The molecule has 0 spiro atoms. The maximum Gasteiger partial charge on any atom is 0.262 e. The first kappa shape index (κ1) is 19.8. The topological polar surface area (TPSA) is 76.7 Å². The van der Waals surface area contributed by atoms with Crippen LogP contribution in [0.3, 0.4) is 0 Å². The quantitative estimate of drug-likeness (QED) is 0.515. The normalized spacial score (nSPS) is 14.5. The molecular weight excluding hydrogens is 416 g/mol. The largest absolute Gasteiger partial charge is 0.378 e. The first-order chi connectivity index (χ1) is 15.2. The number of hydrogen-bond acceptors (Lipinski definition) is 6. The van der Waals surface area contributed by atoms with E-state index in [1.54, 1.807) is 4.57 Å². The summed E-state index contributed by atoms with van der Waals surface area (Å²) in [5, 5.41) is 13.5. The number of anilines is 2. The van der Waals surface area contributed by atoms with Crippen LogP contribution in [-0.2, 0) is 17.8 Å². The summed E-state index contributed by atoms with van der Waals surface area (Å²) in [6.07, 6.45) is 0. The van der Waals surface area contributed by atoms with Gasteiger partial charge in [-0.25, -0.2) is 0 Å². The number of fused-ring (bicyclic) bond motifs is 3. The second-order valence-corrected chi connectivity index (χ2v) is 7.87. The van der Waals surface area contributed by atoms with Gasteiger partial charge in [-0.1, -0.05) is 23.7 Å². The Hall–Kier alpha value is -3.10. The van der Waals surface area contributed by atoms with E-state index in [2.05, 4.69) is 20.4 Å². The van der Waals surface area contributed by atoms with Crippen molar-refractivity contribution in [3.63, 3.8) is 0 Å². The molecular formula is C22H23ClN6O2. The van der Waals surface area contributed by atoms with Crippen molar-refractivity contribution in [3.8, 4) is 0 Å². The number of hydrogen-bond donors (Lipinski definition) is 1. The van der Waals surface area contributed by atoms with Gasteiger partial charge < -0.3 is 15.0 Å². The molecule has 5 rings (SSSR count). The average Bonchev–Trinajstić information content (AvgIpc) is 3.23. The van der Waals surface area contributed by atoms with Crippen LogP contribution in [-0.4, -0.2) is 45.5 Å². The molecule has 31 heavy (non-hydrogen) atoms. The monoisotopic (exact) mass is 438 g/mol. The van der Waals surface area contributed by atoms with Crippen molar-refractivity contribution in [1.29, 1.82) is 0 Å². The second-order valence-electron chi connectivity index (χ2n) is 7.43. The molecule has 8 nitrogen and oxygen atoms in total. The maximum atomic E-state index is 12.9. The number of benzene rings is 2. The van der Waals surface area contributed by atoms with Crippen molar-refractivity contribution < 1.29 is 4.74 Å². The van der Waals surface area contributed by atoms with E-state index in [9.17, 15) is 4.79 Å². The maximum absolute atomic E-state index is 12.9. The number of aryl methyl sites for hydroxylation is 1. The molecule has 0 unspecified atom stereocenters. The van der Waals surface area contributed by atoms with Crippen molar-refractivity contribution in [2.24, 2.45) is 0 Å². The van der Waals surface area contributed by atoms with Gasteiger partial charge in [-0.3, -0.25) is 13.8 Å². The molecule has 3 heterocycles. The fraction of sp³-hybridized carbons (Fsp3) is 0.318. The van der Waals surface area contributed by atoms with Crippen LogP contribution in [0.2, 0.25) is 5.02 Å². The van der Waals surface area contributed by atoms with Crippen LogP contribution in [0.25, 0.3) is 16.7 Å². The van der Waals surface area contributed by atoms with E-state index in [0.717, 1.165) is 35.8 Å². The lowest BCUT2D eigenvalue weighted by atomic mass is 10.2. The Morgan fingerprint density at radius 1 is 1.13 bits per heavy atom. The Kier molecular flexibility index (Phi) is 5.25. The van der Waals surface area contributed by atoms with Crippen LogP contribution in [0.4, 0.5) is 11.4 Å². The van der Waals surface area contributed by atoms with Gasteiger partial charge in [0, 0.05) is 24.7 Å². The van der Waals surface area contributed by atoms with Gasteiger partial charge in [-0.05, 0) is 37.3 Å². The van der Waals surface area contributed by atoms with Crippen molar-refractivity contribution in [1.82, 2.24) is 19.2 Å². The van der Waals surface area contributed by atoms with Crippen molar-refractivity contribution in [2.45, 2.75) is 20.0 Å². The molecule has 0 aliphatic carbocycles. The Labute approximate surface area is 184 Å². The molecule has 2 aromatic carbocycles. The molecule has 0 radical (unpaired) electrons. The van der Waals surface area contributed by atoms with Crippen LogP contribution >= 0.6 is 11.6 Å². The van der Waals surface area contributed by atoms with Crippen molar-refractivity contribution in [2.75, 3.05) is 36.5 Å². The first-order valence-corrected chi connectivity index (χ1v) is 10.8. The van der Waals surface area contributed by atoms with E-state index in [0.29, 0.717) is 42.5 Å². The summed E-state index contributed by atoms with van der Waals surface area (Å²) in [6, 6.07) is 13.4. The van der Waals surface area contributed by atoms with E-state index < -0.39 is 0 Å². The molecule has 1 aliphatic heterocycles. The Balaban J connectivity index is 1.55. The molecule has 0 bridgehead atoms. The third-order valence-corrected chi connectivity index (χ3v) is 5.87. The molecule has 1 saturated heterocycles. The van der Waals surface area contributed by atoms with Gasteiger partial charge in [-0.15, -0.1) is 10.2 Å². The summed E-state index contributed by atoms with van der Waals surface area (Å²) in [7, 11) is 0. The van der Waals surface area contributed by atoms with E-state index in [-0.39, 0.29) is 5.56 Å². The Morgan fingerprint density at radius 2 is 1.94 bits per heavy atom. The Morgan fingerprint density at radius 3 is 2.74 bits per heavy atom. The number of nitrogens with one attached hydrogen (secondary N) is 1. The summed E-state index contributed by atoms with van der Waals surface area (Å²) < 4.78 is 9.09. The zero-order valence-corrected chi connectivity index (χ0v) is 18.0. The molecule has 2 aromatic heterocycles. The average molecular weight is 439 g/mol. The number of morpholine rings is 1. The summed E-state index contributed by atoms with van der Waals surface area (Å²) in [5.41, 5.74) is 2.76. The standard InChI is InChI=1S/C22H23ClN6O2/c1-2-28-21(30)16-5-3-4-6-18(16)29-20(25-26-22(28)29)14-24-17-13-15(23)7-8-19(17)27-9-11-31-12-10-27/h3-8,13,24H,2,9-12,14H2,1H3. The lowest BCUT2D eigenvalue weighted by Crippen LogP contribution is -2.36. The molecule has 1 aliphatic rings. The highest BCUT2D eigenvalue weighted by molar-refractivity contribution is 6.31. The predicted molar refractivity (Wildman–Crippen MR) is 122 cm³/mol. The molecule has 160 valence electrons. The zero-order valence-electron chi connectivity index (χ0n) is 17.2. The molecule has 4 aromatic rings. The van der Waals surface area contributed by atoms with Gasteiger partial charge in [0.05, 0.1) is 42.0 Å². The van der Waals surface area contributed by atoms with E-state index >= 15 is 0 Å². The lowest BCUT2D eigenvalue weighted by molar-refractivity contribution is 0.123. The molecule has 1 fully saturated rings. The molecule has 0 amide bonds. The van der Waals surface area contributed by atoms with E-state index in [1.807, 2.05) is 53.8 Å². The smallest absolute Gasteiger partial charge is 0.262 e. The molecule has 0 saturated carbocycles. The van der Waals surface area contributed by atoms with Gasteiger partial charge in [0.2, 0.25) is 5.78 Å². The van der Waals surface area contributed by atoms with Gasteiger partial charge in [-0.2, -0.15) is 0 Å². The van der Waals surface area contributed by atoms with E-state index in [4.69, 9.17) is 16.3 Å². The Bertz CT molecular complexity index is 1310. The van der Waals surface area contributed by atoms with Crippen molar-refractivity contribution in [3.05, 3.63) is 63.7 Å². The van der Waals surface area contributed by atoms with Crippen LogP contribution in [0.1, 0.15) is 12.7 Å². The first-order valence-electron chi connectivity index (χ1n) is 10.4. The number of nitrogens with zero attached hydrogens (tertiary/aromatic N) is 5. The number of halogens is 1. The zero-order chi connectivity index (χ0) is 21.4. The highest BCUT2D eigenvalue weighted by atomic mass is 35.5. The molecule has 9 heteroatoms. The fourth-order valence-corrected chi connectivity index (χ4v) is 4.29. The predicted octanol–water partition coefficient (Wildman–Crippen LogP) is 3.17. The van der Waals surface area contributed by atoms with Crippen molar-refractivity contribution >= 4 is 39.7 Å². The highest BCUT2D eigenvalue weighted by Crippen LogP contribution is 2.30. The number of para-hydroxylation sites is 1. The lowest BCUT2D eigenvalue weighted by Gasteiger charge is -2.30. The second kappa shape index (κ2) is 8.20. The van der Waals surface area contributed by atoms with Gasteiger partial charge in [0.15, 0.2) is 5.82 Å². The van der Waals surface area contributed by atoms with Crippen LogP contribution in [0.5, 0.6) is 0 Å². The summed E-state index contributed by atoms with van der Waals surface area (Å²) >= 11 is 6.29. The van der Waals surface area contributed by atoms with Crippen LogP contribution in [0, 0.1) is 0 Å². The van der Waals surface area contributed by atoms with Gasteiger partial charge in [0.1, 0.15) is 0 Å². The molecule has 0 atom stereocenters. The minimum atomic E-state index is -0.0537. The SMILES string of the molecule is CCn1c(=O)c2ccccc2n2c(CNc3cc(Cl)ccc3N3CCOCC3)nnc12. The highest BCUT2D eigenvalue weighted by Gasteiger charge is 2.18. The molecule has 1 N–H and O–H groups in total. The summed E-state index contributed by atoms with van der Waals surface area (Å²) in [5.74, 6) is 1.27. The fourth-order valence-electron chi connectivity index (χ4n) is 4.12. The number of aromatic nitrogens is 4. The summed E-state index contributed by atoms with van der Waals surface area (Å²) in [6.45, 7) is 5.96. The third kappa shape index (κ3) is 3.51. The number of ether oxygens (including phenoxy) is 1. The minimum absolute atomic E-state index is 0.0537. The van der Waals surface area contributed by atoms with Crippen LogP contribution < -0.4 is 15.8 Å². The third-order valence-electron chi connectivity index (χ3n) is 5.64. The van der Waals surface area contributed by atoms with Gasteiger partial charge in [0.25, 0.3) is 5.56 Å².